The van der Waals surface area contributed by atoms with Crippen LogP contribution in [-0.4, -0.2) is 4.98 Å². The fraction of sp³-hybridized carbons (Fsp3) is 0.154. The van der Waals surface area contributed by atoms with Gasteiger partial charge in [-0.2, -0.15) is 0 Å². The van der Waals surface area contributed by atoms with Crippen molar-refractivity contribution >= 4 is 5.69 Å². The van der Waals surface area contributed by atoms with E-state index in [0.717, 1.165) is 11.1 Å². The maximum Gasteiger partial charge on any atom is 0.149 e. The maximum atomic E-state index is 13.2. The standard InChI is InChI=1S/C13H13FN2O/c1-9-4-10(7-16-6-9)8-17-11-2-3-13(15)12(14)5-11/h2-7H,8,15H2,1H3. The molecule has 0 radical (unpaired) electrons. The van der Waals surface area contributed by atoms with E-state index in [1.807, 2.05) is 13.0 Å². The molecular weight excluding hydrogens is 219 g/mol. The number of hydrogen-bond acceptors (Lipinski definition) is 3. The van der Waals surface area contributed by atoms with Crippen LogP contribution in [0.4, 0.5) is 10.1 Å². The molecule has 0 aliphatic rings. The summed E-state index contributed by atoms with van der Waals surface area (Å²) in [4.78, 5) is 4.05. The average molecular weight is 232 g/mol. The Bertz CT molecular complexity index is 529. The van der Waals surface area contributed by atoms with Crippen LogP contribution in [0.25, 0.3) is 0 Å². The quantitative estimate of drug-likeness (QED) is 0.828. The molecule has 0 bridgehead atoms. The molecule has 2 N–H and O–H groups in total. The molecule has 0 saturated heterocycles. The van der Waals surface area contributed by atoms with E-state index >= 15 is 0 Å². The lowest BCUT2D eigenvalue weighted by Gasteiger charge is -2.07. The lowest BCUT2D eigenvalue weighted by molar-refractivity contribution is 0.304. The fourth-order valence-electron chi connectivity index (χ4n) is 1.46. The number of rotatable bonds is 3. The number of anilines is 1. The van der Waals surface area contributed by atoms with Crippen LogP contribution in [0, 0.1) is 12.7 Å². The van der Waals surface area contributed by atoms with E-state index in [1.54, 1.807) is 18.5 Å². The normalized spacial score (nSPS) is 10.2. The molecule has 88 valence electrons. The Balaban J connectivity index is 2.05. The molecule has 1 heterocycles. The molecule has 2 aromatic rings. The topological polar surface area (TPSA) is 48.1 Å². The summed E-state index contributed by atoms with van der Waals surface area (Å²) in [6, 6.07) is 6.38. The van der Waals surface area contributed by atoms with Crippen molar-refractivity contribution in [2.24, 2.45) is 0 Å². The number of nitrogens with two attached hydrogens (primary N) is 1. The minimum Gasteiger partial charge on any atom is -0.489 e. The van der Waals surface area contributed by atoms with Gasteiger partial charge in [-0.05, 0) is 30.7 Å². The highest BCUT2D eigenvalue weighted by atomic mass is 19.1. The minimum absolute atomic E-state index is 0.120. The molecule has 0 aliphatic heterocycles. The van der Waals surface area contributed by atoms with Gasteiger partial charge in [-0.15, -0.1) is 0 Å². The largest absolute Gasteiger partial charge is 0.489 e. The molecule has 0 saturated carbocycles. The second kappa shape index (κ2) is 4.82. The third-order valence-electron chi connectivity index (χ3n) is 2.31. The van der Waals surface area contributed by atoms with Crippen LogP contribution in [0.2, 0.25) is 0 Å². The highest BCUT2D eigenvalue weighted by Crippen LogP contribution is 2.19. The number of hydrogen-bond donors (Lipinski definition) is 1. The number of ether oxygens (including phenoxy) is 1. The van der Waals surface area contributed by atoms with Crippen molar-refractivity contribution in [2.75, 3.05) is 5.73 Å². The molecule has 0 spiro atoms. The molecule has 0 atom stereocenters. The number of nitrogens with zero attached hydrogens (tertiary/aromatic N) is 1. The Morgan fingerprint density at radius 3 is 2.82 bits per heavy atom. The van der Waals surface area contributed by atoms with Crippen molar-refractivity contribution in [3.63, 3.8) is 0 Å². The summed E-state index contributed by atoms with van der Waals surface area (Å²) in [7, 11) is 0. The highest BCUT2D eigenvalue weighted by molar-refractivity contribution is 5.43. The first-order valence-corrected chi connectivity index (χ1v) is 5.23. The first kappa shape index (κ1) is 11.4. The summed E-state index contributed by atoms with van der Waals surface area (Å²) in [5, 5.41) is 0. The fourth-order valence-corrected chi connectivity index (χ4v) is 1.46. The summed E-state index contributed by atoms with van der Waals surface area (Å²) in [6.45, 7) is 2.32. The van der Waals surface area contributed by atoms with Crippen LogP contribution < -0.4 is 10.5 Å². The van der Waals surface area contributed by atoms with E-state index in [-0.39, 0.29) is 5.69 Å². The zero-order valence-corrected chi connectivity index (χ0v) is 9.48. The van der Waals surface area contributed by atoms with Gasteiger partial charge in [0.1, 0.15) is 18.2 Å². The summed E-state index contributed by atoms with van der Waals surface area (Å²) in [5.41, 5.74) is 7.51. The van der Waals surface area contributed by atoms with Crippen molar-refractivity contribution in [3.8, 4) is 5.75 Å². The predicted molar refractivity (Wildman–Crippen MR) is 64.1 cm³/mol. The van der Waals surface area contributed by atoms with Gasteiger partial charge in [0.15, 0.2) is 0 Å². The Morgan fingerprint density at radius 1 is 1.29 bits per heavy atom. The number of benzene rings is 1. The SMILES string of the molecule is Cc1cncc(COc2ccc(N)c(F)c2)c1. The molecule has 0 fully saturated rings. The zero-order chi connectivity index (χ0) is 12.3. The van der Waals surface area contributed by atoms with Gasteiger partial charge in [0.05, 0.1) is 5.69 Å². The van der Waals surface area contributed by atoms with E-state index < -0.39 is 5.82 Å². The van der Waals surface area contributed by atoms with Crippen molar-refractivity contribution in [1.82, 2.24) is 4.98 Å². The first-order chi connectivity index (χ1) is 8.15. The first-order valence-electron chi connectivity index (χ1n) is 5.23. The third kappa shape index (κ3) is 2.93. The second-order valence-corrected chi connectivity index (χ2v) is 3.84. The van der Waals surface area contributed by atoms with Gasteiger partial charge in [-0.25, -0.2) is 4.39 Å². The monoisotopic (exact) mass is 232 g/mol. The number of halogens is 1. The van der Waals surface area contributed by atoms with Crippen LogP contribution in [-0.2, 0) is 6.61 Å². The highest BCUT2D eigenvalue weighted by Gasteiger charge is 2.01. The smallest absolute Gasteiger partial charge is 0.149 e. The van der Waals surface area contributed by atoms with Crippen LogP contribution >= 0.6 is 0 Å². The lowest BCUT2D eigenvalue weighted by atomic mass is 10.2. The Hall–Kier alpha value is -2.10. The Kier molecular flexibility index (Phi) is 3.23. The zero-order valence-electron chi connectivity index (χ0n) is 9.48. The number of aryl methyl sites for hydroxylation is 1. The molecule has 0 aliphatic carbocycles. The summed E-state index contributed by atoms with van der Waals surface area (Å²) < 4.78 is 18.6. The molecule has 17 heavy (non-hydrogen) atoms. The summed E-state index contributed by atoms with van der Waals surface area (Å²) in [6.07, 6.45) is 3.49. The van der Waals surface area contributed by atoms with Gasteiger partial charge in [-0.3, -0.25) is 4.98 Å². The van der Waals surface area contributed by atoms with Gasteiger partial charge in [0, 0.05) is 24.0 Å². The predicted octanol–water partition coefficient (Wildman–Crippen LogP) is 2.69. The molecule has 3 nitrogen and oxygen atoms in total. The van der Waals surface area contributed by atoms with E-state index in [2.05, 4.69) is 4.98 Å². The minimum atomic E-state index is -0.468. The van der Waals surface area contributed by atoms with Crippen molar-refractivity contribution in [1.29, 1.82) is 0 Å². The second-order valence-electron chi connectivity index (χ2n) is 3.84. The maximum absolute atomic E-state index is 13.2. The number of pyridine rings is 1. The number of nitrogen functional groups attached to an aromatic ring is 1. The molecular formula is C13H13FN2O. The Labute approximate surface area is 99.1 Å². The Morgan fingerprint density at radius 2 is 2.12 bits per heavy atom. The van der Waals surface area contributed by atoms with Crippen LogP contribution in [0.1, 0.15) is 11.1 Å². The molecule has 0 unspecified atom stereocenters. The van der Waals surface area contributed by atoms with Crippen molar-refractivity contribution < 1.29 is 9.13 Å². The van der Waals surface area contributed by atoms with E-state index in [1.165, 1.54) is 12.1 Å². The molecule has 1 aromatic heterocycles. The van der Waals surface area contributed by atoms with Crippen LogP contribution in [0.3, 0.4) is 0 Å². The van der Waals surface area contributed by atoms with Crippen LogP contribution in [0.5, 0.6) is 5.75 Å². The van der Waals surface area contributed by atoms with Gasteiger partial charge in [0.2, 0.25) is 0 Å². The molecule has 4 heteroatoms. The number of aromatic nitrogens is 1. The van der Waals surface area contributed by atoms with E-state index in [4.69, 9.17) is 10.5 Å². The van der Waals surface area contributed by atoms with Gasteiger partial charge < -0.3 is 10.5 Å². The lowest BCUT2D eigenvalue weighted by Crippen LogP contribution is -1.98. The molecule has 1 aromatic carbocycles. The van der Waals surface area contributed by atoms with Crippen LogP contribution in [0.15, 0.2) is 36.7 Å². The van der Waals surface area contributed by atoms with Gasteiger partial charge in [0.25, 0.3) is 0 Å². The average Bonchev–Trinajstić information content (AvgIpc) is 2.31. The third-order valence-corrected chi connectivity index (χ3v) is 2.31. The molecule has 0 amide bonds. The van der Waals surface area contributed by atoms with E-state index in [0.29, 0.717) is 12.4 Å². The van der Waals surface area contributed by atoms with Gasteiger partial charge in [-0.1, -0.05) is 0 Å². The van der Waals surface area contributed by atoms with Crippen molar-refractivity contribution in [3.05, 3.63) is 53.6 Å². The van der Waals surface area contributed by atoms with Crippen molar-refractivity contribution in [2.45, 2.75) is 13.5 Å². The molecule has 2 rings (SSSR count). The van der Waals surface area contributed by atoms with E-state index in [9.17, 15) is 4.39 Å². The summed E-state index contributed by atoms with van der Waals surface area (Å²) >= 11 is 0. The van der Waals surface area contributed by atoms with Gasteiger partial charge >= 0.3 is 0 Å². The summed E-state index contributed by atoms with van der Waals surface area (Å²) in [5.74, 6) is -0.0110.